The number of hydrogen-bond acceptors (Lipinski definition) is 4. The van der Waals surface area contributed by atoms with E-state index in [0.717, 1.165) is 18.1 Å². The zero-order valence-corrected chi connectivity index (χ0v) is 11.8. The van der Waals surface area contributed by atoms with Gasteiger partial charge in [-0.1, -0.05) is 6.92 Å². The molecule has 98 valence electrons. The second-order valence-electron chi connectivity index (χ2n) is 4.24. The van der Waals surface area contributed by atoms with Crippen molar-refractivity contribution in [2.45, 2.75) is 26.5 Å². The average Bonchev–Trinajstić information content (AvgIpc) is 2.96. The van der Waals surface area contributed by atoms with Crippen LogP contribution in [0.3, 0.4) is 0 Å². The van der Waals surface area contributed by atoms with Gasteiger partial charge in [0.15, 0.2) is 0 Å². The Bertz CT molecular complexity index is 489. The number of rotatable bonds is 6. The minimum Gasteiger partial charge on any atom is -0.462 e. The number of methoxy groups -OCH3 is 1. The van der Waals surface area contributed by atoms with Gasteiger partial charge in [0.1, 0.15) is 18.1 Å². The van der Waals surface area contributed by atoms with E-state index in [1.54, 1.807) is 18.4 Å². The summed E-state index contributed by atoms with van der Waals surface area (Å²) in [7, 11) is 1.67. The van der Waals surface area contributed by atoms with Crippen LogP contribution in [0.15, 0.2) is 27.3 Å². The van der Waals surface area contributed by atoms with Gasteiger partial charge in [0, 0.05) is 7.11 Å². The molecule has 2 heterocycles. The first-order chi connectivity index (χ1) is 8.76. The number of furan rings is 1. The highest BCUT2D eigenvalue weighted by atomic mass is 32.1. The lowest BCUT2D eigenvalue weighted by atomic mass is 10.0. The Hall–Kier alpha value is -1.10. The molecule has 0 aliphatic heterocycles. The highest BCUT2D eigenvalue weighted by Gasteiger charge is 2.19. The summed E-state index contributed by atoms with van der Waals surface area (Å²) in [6, 6.07) is 4.13. The summed E-state index contributed by atoms with van der Waals surface area (Å²) in [5.74, 6) is 1.81. The van der Waals surface area contributed by atoms with Crippen molar-refractivity contribution in [1.82, 2.24) is 5.32 Å². The van der Waals surface area contributed by atoms with Crippen LogP contribution >= 0.6 is 11.3 Å². The van der Waals surface area contributed by atoms with Crippen molar-refractivity contribution in [3.8, 4) is 0 Å². The van der Waals surface area contributed by atoms with Crippen LogP contribution in [-0.2, 0) is 11.3 Å². The van der Waals surface area contributed by atoms with Crippen molar-refractivity contribution in [1.29, 1.82) is 0 Å². The summed E-state index contributed by atoms with van der Waals surface area (Å²) < 4.78 is 10.9. The lowest BCUT2D eigenvalue weighted by Gasteiger charge is -2.15. The lowest BCUT2D eigenvalue weighted by Crippen LogP contribution is -2.21. The molecule has 0 aliphatic carbocycles. The van der Waals surface area contributed by atoms with E-state index in [1.807, 2.05) is 12.1 Å². The van der Waals surface area contributed by atoms with Gasteiger partial charge in [-0.05, 0) is 47.5 Å². The van der Waals surface area contributed by atoms with Crippen molar-refractivity contribution >= 4 is 11.3 Å². The summed E-state index contributed by atoms with van der Waals surface area (Å²) in [6.45, 7) is 5.66. The molecule has 1 atom stereocenters. The number of ether oxygens (including phenoxy) is 1. The molecule has 1 unspecified atom stereocenters. The normalized spacial score (nSPS) is 12.8. The Morgan fingerprint density at radius 2 is 2.22 bits per heavy atom. The van der Waals surface area contributed by atoms with Gasteiger partial charge >= 0.3 is 0 Å². The molecule has 3 nitrogen and oxygen atoms in total. The molecular formula is C14H19NO2S. The van der Waals surface area contributed by atoms with Crippen molar-refractivity contribution in [2.75, 3.05) is 13.7 Å². The zero-order valence-electron chi connectivity index (χ0n) is 11.0. The Labute approximate surface area is 112 Å². The third-order valence-electron chi connectivity index (χ3n) is 2.87. The largest absolute Gasteiger partial charge is 0.462 e. The van der Waals surface area contributed by atoms with E-state index < -0.39 is 0 Å². The van der Waals surface area contributed by atoms with Crippen LogP contribution in [0, 0.1) is 6.92 Å². The summed E-state index contributed by atoms with van der Waals surface area (Å²) in [4.78, 5) is 0. The highest BCUT2D eigenvalue weighted by molar-refractivity contribution is 7.08. The molecule has 2 aromatic heterocycles. The van der Waals surface area contributed by atoms with Crippen LogP contribution in [0.25, 0.3) is 0 Å². The lowest BCUT2D eigenvalue weighted by molar-refractivity contribution is 0.162. The van der Waals surface area contributed by atoms with Gasteiger partial charge in [0.2, 0.25) is 0 Å². The first-order valence-electron chi connectivity index (χ1n) is 6.09. The van der Waals surface area contributed by atoms with Crippen molar-refractivity contribution < 1.29 is 9.15 Å². The predicted octanol–water partition coefficient (Wildman–Crippen LogP) is 3.49. The van der Waals surface area contributed by atoms with Crippen LogP contribution in [0.5, 0.6) is 0 Å². The topological polar surface area (TPSA) is 34.4 Å². The fourth-order valence-corrected chi connectivity index (χ4v) is 2.88. The maximum Gasteiger partial charge on any atom is 0.129 e. The molecular weight excluding hydrogens is 246 g/mol. The van der Waals surface area contributed by atoms with Crippen LogP contribution < -0.4 is 5.32 Å². The van der Waals surface area contributed by atoms with E-state index in [4.69, 9.17) is 9.15 Å². The van der Waals surface area contributed by atoms with Crippen molar-refractivity contribution in [3.05, 3.63) is 45.5 Å². The minimum absolute atomic E-state index is 0.131. The summed E-state index contributed by atoms with van der Waals surface area (Å²) in [5, 5.41) is 7.82. The molecule has 0 saturated carbocycles. The smallest absolute Gasteiger partial charge is 0.129 e. The number of aryl methyl sites for hydroxylation is 1. The van der Waals surface area contributed by atoms with Crippen LogP contribution in [0.2, 0.25) is 0 Å². The molecule has 0 bridgehead atoms. The van der Waals surface area contributed by atoms with Gasteiger partial charge in [0.25, 0.3) is 0 Å². The summed E-state index contributed by atoms with van der Waals surface area (Å²) in [5.41, 5.74) is 2.59. The zero-order chi connectivity index (χ0) is 13.0. The molecule has 0 aliphatic rings. The van der Waals surface area contributed by atoms with Crippen LogP contribution in [0.4, 0.5) is 0 Å². The second-order valence-corrected chi connectivity index (χ2v) is 4.98. The van der Waals surface area contributed by atoms with Gasteiger partial charge in [0.05, 0.1) is 6.04 Å². The van der Waals surface area contributed by atoms with Gasteiger partial charge < -0.3 is 14.5 Å². The van der Waals surface area contributed by atoms with Crippen molar-refractivity contribution in [3.63, 3.8) is 0 Å². The molecule has 0 fully saturated rings. The molecule has 18 heavy (non-hydrogen) atoms. The van der Waals surface area contributed by atoms with Gasteiger partial charge in [-0.15, -0.1) is 0 Å². The third-order valence-corrected chi connectivity index (χ3v) is 3.75. The summed E-state index contributed by atoms with van der Waals surface area (Å²) in [6.07, 6.45) is 0. The van der Waals surface area contributed by atoms with E-state index >= 15 is 0 Å². The van der Waals surface area contributed by atoms with Crippen LogP contribution in [-0.4, -0.2) is 13.7 Å². The molecule has 0 radical (unpaired) electrons. The summed E-state index contributed by atoms with van der Waals surface area (Å²) >= 11 is 1.73. The fraction of sp³-hybridized carbons (Fsp3) is 0.429. The molecule has 0 spiro atoms. The Balaban J connectivity index is 2.26. The minimum atomic E-state index is 0.131. The van der Waals surface area contributed by atoms with Gasteiger partial charge in [-0.2, -0.15) is 11.3 Å². The monoisotopic (exact) mass is 265 g/mol. The Morgan fingerprint density at radius 3 is 2.83 bits per heavy atom. The maximum absolute atomic E-state index is 5.83. The maximum atomic E-state index is 5.83. The molecule has 4 heteroatoms. The standard InChI is InChI=1S/C14H19NO2S/c1-4-15-14(12-9-18-8-10(12)2)13-6-5-11(17-13)7-16-3/h5-6,8-9,14-15H,4,7H2,1-3H3. The first kappa shape index (κ1) is 13.3. The molecule has 2 rings (SSSR count). The van der Waals surface area contributed by atoms with E-state index in [9.17, 15) is 0 Å². The van der Waals surface area contributed by atoms with Crippen LogP contribution in [0.1, 0.15) is 35.6 Å². The van der Waals surface area contributed by atoms with Gasteiger partial charge in [-0.3, -0.25) is 0 Å². The van der Waals surface area contributed by atoms with E-state index in [2.05, 4.69) is 29.9 Å². The molecule has 0 saturated heterocycles. The van der Waals surface area contributed by atoms with E-state index in [0.29, 0.717) is 6.61 Å². The number of hydrogen-bond donors (Lipinski definition) is 1. The fourth-order valence-electron chi connectivity index (χ4n) is 2.00. The molecule has 1 N–H and O–H groups in total. The molecule has 0 amide bonds. The highest BCUT2D eigenvalue weighted by Crippen LogP contribution is 2.28. The second kappa shape index (κ2) is 6.18. The van der Waals surface area contributed by atoms with Gasteiger partial charge in [-0.25, -0.2) is 0 Å². The third kappa shape index (κ3) is 2.83. The number of thiophene rings is 1. The van der Waals surface area contributed by atoms with Crippen molar-refractivity contribution in [2.24, 2.45) is 0 Å². The SMILES string of the molecule is CCNC(c1ccc(COC)o1)c1cscc1C. The molecule has 0 aromatic carbocycles. The average molecular weight is 265 g/mol. The Kier molecular flexibility index (Phi) is 4.58. The predicted molar refractivity (Wildman–Crippen MR) is 74.0 cm³/mol. The van der Waals surface area contributed by atoms with E-state index in [1.165, 1.54) is 11.1 Å². The quantitative estimate of drug-likeness (QED) is 0.868. The first-order valence-corrected chi connectivity index (χ1v) is 7.04. The Morgan fingerprint density at radius 1 is 1.39 bits per heavy atom. The number of nitrogens with one attached hydrogen (secondary N) is 1. The molecule has 2 aromatic rings. The van der Waals surface area contributed by atoms with E-state index in [-0.39, 0.29) is 6.04 Å².